The summed E-state index contributed by atoms with van der Waals surface area (Å²) in [6, 6.07) is 15.8. The Kier molecular flexibility index (Phi) is 5.51. The minimum atomic E-state index is -0.129. The fourth-order valence-electron chi connectivity index (χ4n) is 3.47. The van der Waals surface area contributed by atoms with Crippen LogP contribution < -0.4 is 15.5 Å². The highest BCUT2D eigenvalue weighted by Gasteiger charge is 2.23. The van der Waals surface area contributed by atoms with Gasteiger partial charge in [0.05, 0.1) is 5.69 Å². The summed E-state index contributed by atoms with van der Waals surface area (Å²) in [5.41, 5.74) is 3.11. The topological polar surface area (TPSA) is 85.9 Å². The number of benzene rings is 1. The minimum Gasteiger partial charge on any atom is -0.353 e. The molecule has 7 heteroatoms. The number of amides is 2. The molecule has 2 aromatic heterocycles. The molecule has 0 aliphatic carbocycles. The van der Waals surface area contributed by atoms with E-state index in [1.54, 1.807) is 12.4 Å². The molecule has 3 aromatic rings. The Morgan fingerprint density at radius 2 is 2.00 bits per heavy atom. The maximum atomic E-state index is 12.2. The number of nitrogens with zero attached hydrogens (tertiary/aromatic N) is 3. The predicted octanol–water partition coefficient (Wildman–Crippen LogP) is 2.94. The summed E-state index contributed by atoms with van der Waals surface area (Å²) in [6.45, 7) is 2.21. The Morgan fingerprint density at radius 1 is 1.18 bits per heavy atom. The zero-order chi connectivity index (χ0) is 19.2. The third-order valence-corrected chi connectivity index (χ3v) is 4.93. The van der Waals surface area contributed by atoms with E-state index in [1.165, 1.54) is 0 Å². The number of hydrogen-bond acceptors (Lipinski definition) is 4. The molecular weight excluding hydrogens is 352 g/mol. The average molecular weight is 376 g/mol. The Morgan fingerprint density at radius 3 is 2.82 bits per heavy atom. The molecule has 0 spiro atoms. The molecule has 2 amide bonds. The zero-order valence-electron chi connectivity index (χ0n) is 15.6. The predicted molar refractivity (Wildman–Crippen MR) is 109 cm³/mol. The van der Waals surface area contributed by atoms with Crippen molar-refractivity contribution in [3.8, 4) is 11.3 Å². The fraction of sp³-hybridized carbons (Fsp3) is 0.286. The van der Waals surface area contributed by atoms with Crippen molar-refractivity contribution >= 4 is 11.8 Å². The molecule has 28 heavy (non-hydrogen) atoms. The summed E-state index contributed by atoms with van der Waals surface area (Å²) in [4.78, 5) is 18.5. The Bertz CT molecular complexity index is 896. The van der Waals surface area contributed by atoms with E-state index in [0.29, 0.717) is 6.54 Å². The highest BCUT2D eigenvalue weighted by atomic mass is 16.2. The molecule has 1 aliphatic rings. The number of H-pyrrole nitrogens is 1. The van der Waals surface area contributed by atoms with E-state index in [0.717, 1.165) is 48.6 Å². The number of anilines is 1. The largest absolute Gasteiger partial charge is 0.353 e. The number of nitrogens with one attached hydrogen (secondary N) is 3. The molecule has 0 saturated carbocycles. The molecular formula is C21H24N6O. The monoisotopic (exact) mass is 376 g/mol. The zero-order valence-corrected chi connectivity index (χ0v) is 15.6. The summed E-state index contributed by atoms with van der Waals surface area (Å²) < 4.78 is 0. The lowest BCUT2D eigenvalue weighted by molar-refractivity contribution is 0.234. The first-order valence-electron chi connectivity index (χ1n) is 9.57. The van der Waals surface area contributed by atoms with Crippen LogP contribution in [0, 0.1) is 0 Å². The van der Waals surface area contributed by atoms with Gasteiger partial charge in [0.2, 0.25) is 0 Å². The third-order valence-electron chi connectivity index (χ3n) is 4.93. The van der Waals surface area contributed by atoms with Gasteiger partial charge in [-0.3, -0.25) is 10.1 Å². The van der Waals surface area contributed by atoms with E-state index < -0.39 is 0 Å². The highest BCUT2D eigenvalue weighted by Crippen LogP contribution is 2.23. The molecule has 1 unspecified atom stereocenters. The lowest BCUT2D eigenvalue weighted by Crippen LogP contribution is -2.50. The minimum absolute atomic E-state index is 0.102. The Hall–Kier alpha value is -3.35. The van der Waals surface area contributed by atoms with Crippen molar-refractivity contribution in [3.05, 3.63) is 66.5 Å². The number of hydrogen-bond donors (Lipinski definition) is 3. The van der Waals surface area contributed by atoms with E-state index >= 15 is 0 Å². The van der Waals surface area contributed by atoms with Gasteiger partial charge in [-0.25, -0.2) is 4.79 Å². The second kappa shape index (κ2) is 8.56. The van der Waals surface area contributed by atoms with Gasteiger partial charge in [0.1, 0.15) is 0 Å². The molecule has 3 heterocycles. The maximum Gasteiger partial charge on any atom is 0.315 e. The summed E-state index contributed by atoms with van der Waals surface area (Å²) in [5.74, 6) is 0.906. The molecule has 1 aromatic carbocycles. The van der Waals surface area contributed by atoms with Gasteiger partial charge in [0.25, 0.3) is 0 Å². The Labute approximate surface area is 164 Å². The fourth-order valence-corrected chi connectivity index (χ4v) is 3.47. The number of carbonyl (C=O) groups is 1. The van der Waals surface area contributed by atoms with Gasteiger partial charge >= 0.3 is 6.03 Å². The van der Waals surface area contributed by atoms with Crippen LogP contribution in [0.1, 0.15) is 18.4 Å². The number of carbonyl (C=O) groups excluding carboxylic acids is 1. The van der Waals surface area contributed by atoms with Crippen LogP contribution in [0.2, 0.25) is 0 Å². The van der Waals surface area contributed by atoms with Gasteiger partial charge in [-0.15, -0.1) is 0 Å². The number of piperidine rings is 1. The SMILES string of the molecule is O=C(NCc1ccccc1)NC1CCCN(c2cc(-c3ccncc3)[nH]n2)C1. The first-order valence-corrected chi connectivity index (χ1v) is 9.57. The number of aromatic nitrogens is 3. The van der Waals surface area contributed by atoms with Gasteiger partial charge < -0.3 is 15.5 Å². The summed E-state index contributed by atoms with van der Waals surface area (Å²) in [7, 11) is 0. The second-order valence-corrected chi connectivity index (χ2v) is 6.97. The van der Waals surface area contributed by atoms with Crippen molar-refractivity contribution < 1.29 is 4.79 Å². The van der Waals surface area contributed by atoms with E-state index in [9.17, 15) is 4.79 Å². The van der Waals surface area contributed by atoms with Crippen LogP contribution in [-0.4, -0.2) is 40.3 Å². The molecule has 1 fully saturated rings. The van der Waals surface area contributed by atoms with Crippen molar-refractivity contribution in [1.29, 1.82) is 0 Å². The number of pyridine rings is 1. The third kappa shape index (κ3) is 4.49. The summed E-state index contributed by atoms with van der Waals surface area (Å²) in [5, 5.41) is 13.6. The first-order chi connectivity index (χ1) is 13.8. The molecule has 7 nitrogen and oxygen atoms in total. The smallest absolute Gasteiger partial charge is 0.315 e. The molecule has 1 saturated heterocycles. The number of urea groups is 1. The van der Waals surface area contributed by atoms with E-state index in [-0.39, 0.29) is 12.1 Å². The normalized spacial score (nSPS) is 16.6. The van der Waals surface area contributed by atoms with Gasteiger partial charge in [0, 0.05) is 49.7 Å². The first kappa shape index (κ1) is 18.0. The van der Waals surface area contributed by atoms with Crippen LogP contribution in [0.15, 0.2) is 60.9 Å². The van der Waals surface area contributed by atoms with Crippen molar-refractivity contribution in [2.75, 3.05) is 18.0 Å². The van der Waals surface area contributed by atoms with E-state index in [2.05, 4.69) is 30.7 Å². The van der Waals surface area contributed by atoms with Crippen LogP contribution >= 0.6 is 0 Å². The van der Waals surface area contributed by atoms with Gasteiger partial charge in [-0.2, -0.15) is 5.10 Å². The molecule has 0 radical (unpaired) electrons. The Balaban J connectivity index is 1.32. The molecule has 1 aliphatic heterocycles. The highest BCUT2D eigenvalue weighted by molar-refractivity contribution is 5.74. The summed E-state index contributed by atoms with van der Waals surface area (Å²) >= 11 is 0. The van der Waals surface area contributed by atoms with Crippen LogP contribution in [0.25, 0.3) is 11.3 Å². The van der Waals surface area contributed by atoms with Crippen molar-refractivity contribution in [2.45, 2.75) is 25.4 Å². The molecule has 3 N–H and O–H groups in total. The summed E-state index contributed by atoms with van der Waals surface area (Å²) in [6.07, 6.45) is 5.52. The second-order valence-electron chi connectivity index (χ2n) is 6.97. The maximum absolute atomic E-state index is 12.2. The lowest BCUT2D eigenvalue weighted by Gasteiger charge is -2.33. The van der Waals surface area contributed by atoms with Crippen molar-refractivity contribution in [2.24, 2.45) is 0 Å². The molecule has 0 bridgehead atoms. The van der Waals surface area contributed by atoms with Gasteiger partial charge in [0.15, 0.2) is 5.82 Å². The van der Waals surface area contributed by atoms with Crippen LogP contribution in [0.3, 0.4) is 0 Å². The number of rotatable bonds is 5. The van der Waals surface area contributed by atoms with Crippen molar-refractivity contribution in [3.63, 3.8) is 0 Å². The molecule has 144 valence electrons. The van der Waals surface area contributed by atoms with Crippen LogP contribution in [-0.2, 0) is 6.54 Å². The molecule has 4 rings (SSSR count). The quantitative estimate of drug-likeness (QED) is 0.639. The van der Waals surface area contributed by atoms with Crippen LogP contribution in [0.4, 0.5) is 10.6 Å². The number of aromatic amines is 1. The molecule has 1 atom stereocenters. The average Bonchev–Trinajstić information content (AvgIpc) is 3.24. The van der Waals surface area contributed by atoms with Crippen LogP contribution in [0.5, 0.6) is 0 Å². The standard InChI is InChI=1S/C21H24N6O/c28-21(23-14-16-5-2-1-3-6-16)24-18-7-4-12-27(15-18)20-13-19(25-26-20)17-8-10-22-11-9-17/h1-3,5-6,8-11,13,18H,4,7,12,14-15H2,(H,25,26)(H2,23,24,28). The lowest BCUT2D eigenvalue weighted by atomic mass is 10.1. The van der Waals surface area contributed by atoms with E-state index in [1.807, 2.05) is 48.5 Å². The van der Waals surface area contributed by atoms with E-state index in [4.69, 9.17) is 0 Å². The van der Waals surface area contributed by atoms with Crippen molar-refractivity contribution in [1.82, 2.24) is 25.8 Å². The van der Waals surface area contributed by atoms with Gasteiger partial charge in [-0.05, 0) is 30.5 Å². The van der Waals surface area contributed by atoms with Gasteiger partial charge in [-0.1, -0.05) is 30.3 Å².